The highest BCUT2D eigenvalue weighted by Gasteiger charge is 2.07. The number of hydrogen-bond donors (Lipinski definition) is 1. The SMILES string of the molecule is C/C(=N\Nc1nncc2ccccc12)c1cc2ccccc2o1. The smallest absolute Gasteiger partial charge is 0.176 e. The number of aromatic nitrogens is 2. The Balaban J connectivity index is 1.67. The summed E-state index contributed by atoms with van der Waals surface area (Å²) >= 11 is 0. The number of hydrogen-bond acceptors (Lipinski definition) is 5. The highest BCUT2D eigenvalue weighted by Crippen LogP contribution is 2.21. The van der Waals surface area contributed by atoms with Gasteiger partial charge in [0.1, 0.15) is 11.3 Å². The number of fused-ring (bicyclic) bond motifs is 2. The van der Waals surface area contributed by atoms with Gasteiger partial charge in [-0.3, -0.25) is 5.43 Å². The molecule has 0 amide bonds. The van der Waals surface area contributed by atoms with Gasteiger partial charge in [0.2, 0.25) is 0 Å². The summed E-state index contributed by atoms with van der Waals surface area (Å²) in [5, 5.41) is 15.5. The monoisotopic (exact) mass is 302 g/mol. The van der Waals surface area contributed by atoms with Gasteiger partial charge in [0.15, 0.2) is 11.6 Å². The Morgan fingerprint density at radius 3 is 2.70 bits per heavy atom. The normalized spacial score (nSPS) is 12.0. The van der Waals surface area contributed by atoms with Gasteiger partial charge >= 0.3 is 0 Å². The number of anilines is 1. The van der Waals surface area contributed by atoms with E-state index in [0.29, 0.717) is 5.82 Å². The molecule has 0 radical (unpaired) electrons. The van der Waals surface area contributed by atoms with Crippen molar-refractivity contribution >= 4 is 33.3 Å². The van der Waals surface area contributed by atoms with Crippen LogP contribution in [0.1, 0.15) is 12.7 Å². The van der Waals surface area contributed by atoms with Gasteiger partial charge < -0.3 is 4.42 Å². The number of rotatable bonds is 3. The Morgan fingerprint density at radius 1 is 1.04 bits per heavy atom. The molecule has 2 heterocycles. The van der Waals surface area contributed by atoms with E-state index in [1.54, 1.807) is 6.20 Å². The third kappa shape index (κ3) is 2.53. The van der Waals surface area contributed by atoms with Crippen molar-refractivity contribution in [2.24, 2.45) is 5.10 Å². The van der Waals surface area contributed by atoms with E-state index in [1.807, 2.05) is 61.5 Å². The molecule has 0 unspecified atom stereocenters. The summed E-state index contributed by atoms with van der Waals surface area (Å²) in [5.74, 6) is 1.35. The van der Waals surface area contributed by atoms with Crippen molar-refractivity contribution in [3.63, 3.8) is 0 Å². The molecule has 0 saturated carbocycles. The fourth-order valence-corrected chi connectivity index (χ4v) is 2.46. The molecule has 0 aliphatic heterocycles. The van der Waals surface area contributed by atoms with E-state index in [2.05, 4.69) is 20.7 Å². The van der Waals surface area contributed by atoms with Gasteiger partial charge in [-0.1, -0.05) is 42.5 Å². The minimum absolute atomic E-state index is 0.624. The van der Waals surface area contributed by atoms with Gasteiger partial charge in [0.25, 0.3) is 0 Å². The molecule has 0 spiro atoms. The van der Waals surface area contributed by atoms with Crippen molar-refractivity contribution < 1.29 is 4.42 Å². The second-order valence-electron chi connectivity index (χ2n) is 5.24. The maximum absolute atomic E-state index is 5.80. The summed E-state index contributed by atoms with van der Waals surface area (Å²) in [6.07, 6.45) is 1.73. The second kappa shape index (κ2) is 5.53. The summed E-state index contributed by atoms with van der Waals surface area (Å²) in [4.78, 5) is 0. The van der Waals surface area contributed by atoms with E-state index in [0.717, 1.165) is 33.2 Å². The molecule has 0 fully saturated rings. The molecule has 0 aliphatic carbocycles. The molecule has 23 heavy (non-hydrogen) atoms. The zero-order chi connectivity index (χ0) is 15.6. The maximum Gasteiger partial charge on any atom is 0.176 e. The molecule has 0 bridgehead atoms. The van der Waals surface area contributed by atoms with Gasteiger partial charge in [-0.15, -0.1) is 5.10 Å². The lowest BCUT2D eigenvalue weighted by molar-refractivity contribution is 0.604. The lowest BCUT2D eigenvalue weighted by atomic mass is 10.2. The Kier molecular flexibility index (Phi) is 3.24. The first-order valence-electron chi connectivity index (χ1n) is 7.31. The number of para-hydroxylation sites is 1. The molecule has 4 aromatic rings. The molecule has 5 heteroatoms. The molecule has 5 nitrogen and oxygen atoms in total. The second-order valence-corrected chi connectivity index (χ2v) is 5.24. The lowest BCUT2D eigenvalue weighted by Gasteiger charge is -2.04. The van der Waals surface area contributed by atoms with Crippen molar-refractivity contribution in [1.82, 2.24) is 10.2 Å². The minimum Gasteiger partial charge on any atom is -0.455 e. The first-order chi connectivity index (χ1) is 11.3. The van der Waals surface area contributed by atoms with Crippen LogP contribution in [0.4, 0.5) is 5.82 Å². The molecule has 0 atom stereocenters. The standard InChI is InChI=1S/C18H14N4O/c1-12(17-10-13-6-3-5-9-16(13)23-17)20-22-18-15-8-4-2-7-14(15)11-19-21-18/h2-11H,1H3,(H,21,22)/b20-12+. The Bertz CT molecular complexity index is 981. The number of furan rings is 1. The molecule has 112 valence electrons. The summed E-state index contributed by atoms with van der Waals surface area (Å²) in [6, 6.07) is 17.8. The van der Waals surface area contributed by atoms with E-state index in [-0.39, 0.29) is 0 Å². The highest BCUT2D eigenvalue weighted by atomic mass is 16.3. The Hall–Kier alpha value is -3.21. The third-order valence-electron chi connectivity index (χ3n) is 3.68. The summed E-state index contributed by atoms with van der Waals surface area (Å²) in [7, 11) is 0. The van der Waals surface area contributed by atoms with Crippen LogP contribution >= 0.6 is 0 Å². The van der Waals surface area contributed by atoms with Crippen LogP contribution in [0.2, 0.25) is 0 Å². The zero-order valence-corrected chi connectivity index (χ0v) is 12.5. The lowest BCUT2D eigenvalue weighted by Crippen LogP contribution is -2.01. The quantitative estimate of drug-likeness (QED) is 0.455. The average molecular weight is 302 g/mol. The van der Waals surface area contributed by atoms with Crippen LogP contribution in [0.15, 0.2) is 70.3 Å². The van der Waals surface area contributed by atoms with E-state index >= 15 is 0 Å². The number of nitrogens with one attached hydrogen (secondary N) is 1. The minimum atomic E-state index is 0.624. The topological polar surface area (TPSA) is 63.3 Å². The Labute approximate surface area is 132 Å². The van der Waals surface area contributed by atoms with Crippen LogP contribution in [-0.4, -0.2) is 15.9 Å². The van der Waals surface area contributed by atoms with Gasteiger partial charge in [-0.2, -0.15) is 10.2 Å². The predicted octanol–water partition coefficient (Wildman–Crippen LogP) is 4.21. The summed E-state index contributed by atoms with van der Waals surface area (Å²) in [6.45, 7) is 1.89. The van der Waals surface area contributed by atoms with Crippen molar-refractivity contribution in [3.8, 4) is 0 Å². The predicted molar refractivity (Wildman–Crippen MR) is 91.6 cm³/mol. The van der Waals surface area contributed by atoms with Crippen LogP contribution in [0, 0.1) is 0 Å². The number of benzene rings is 2. The first-order valence-corrected chi connectivity index (χ1v) is 7.31. The van der Waals surface area contributed by atoms with E-state index in [9.17, 15) is 0 Å². The van der Waals surface area contributed by atoms with Crippen LogP contribution in [-0.2, 0) is 0 Å². The van der Waals surface area contributed by atoms with E-state index < -0.39 is 0 Å². The van der Waals surface area contributed by atoms with Crippen LogP contribution in [0.25, 0.3) is 21.7 Å². The number of hydrazone groups is 1. The molecule has 0 aliphatic rings. The van der Waals surface area contributed by atoms with E-state index in [1.165, 1.54) is 0 Å². The first kappa shape index (κ1) is 13.5. The van der Waals surface area contributed by atoms with Crippen LogP contribution in [0.5, 0.6) is 0 Å². The van der Waals surface area contributed by atoms with Crippen molar-refractivity contribution in [2.75, 3.05) is 5.43 Å². The fourth-order valence-electron chi connectivity index (χ4n) is 2.46. The van der Waals surface area contributed by atoms with Crippen molar-refractivity contribution in [2.45, 2.75) is 6.92 Å². The average Bonchev–Trinajstić information content (AvgIpc) is 3.04. The third-order valence-corrected chi connectivity index (χ3v) is 3.68. The summed E-state index contributed by atoms with van der Waals surface area (Å²) in [5.41, 5.74) is 4.58. The van der Waals surface area contributed by atoms with Gasteiger partial charge in [-0.25, -0.2) is 0 Å². The van der Waals surface area contributed by atoms with Gasteiger partial charge in [0.05, 0.1) is 6.20 Å². The fraction of sp³-hybridized carbons (Fsp3) is 0.0556. The molecule has 2 aromatic carbocycles. The highest BCUT2D eigenvalue weighted by molar-refractivity contribution is 6.00. The molecule has 1 N–H and O–H groups in total. The van der Waals surface area contributed by atoms with Crippen molar-refractivity contribution in [3.05, 3.63) is 66.6 Å². The molecule has 0 saturated heterocycles. The van der Waals surface area contributed by atoms with Crippen LogP contribution in [0.3, 0.4) is 0 Å². The maximum atomic E-state index is 5.80. The number of nitrogens with zero attached hydrogens (tertiary/aromatic N) is 3. The molecule has 4 rings (SSSR count). The molecular weight excluding hydrogens is 288 g/mol. The molecular formula is C18H14N4O. The van der Waals surface area contributed by atoms with E-state index in [4.69, 9.17) is 4.42 Å². The molecule has 2 aromatic heterocycles. The van der Waals surface area contributed by atoms with Crippen LogP contribution < -0.4 is 5.43 Å². The largest absolute Gasteiger partial charge is 0.455 e. The Morgan fingerprint density at radius 2 is 1.83 bits per heavy atom. The van der Waals surface area contributed by atoms with Gasteiger partial charge in [-0.05, 0) is 19.1 Å². The summed E-state index contributed by atoms with van der Waals surface area (Å²) < 4.78 is 5.80. The zero-order valence-electron chi connectivity index (χ0n) is 12.5. The van der Waals surface area contributed by atoms with Crippen molar-refractivity contribution in [1.29, 1.82) is 0 Å². The van der Waals surface area contributed by atoms with Gasteiger partial charge in [0, 0.05) is 16.2 Å².